The molecule has 13 heavy (non-hydrogen) atoms. The quantitative estimate of drug-likeness (QED) is 0.723. The molecule has 0 radical (unpaired) electrons. The van der Waals surface area contributed by atoms with Gasteiger partial charge in [0.2, 0.25) is 0 Å². The molecule has 0 fully saturated rings. The van der Waals surface area contributed by atoms with Gasteiger partial charge < -0.3 is 9.84 Å². The molecule has 1 heterocycles. The van der Waals surface area contributed by atoms with Crippen molar-refractivity contribution in [3.8, 4) is 5.75 Å². The average molecular weight is 178 g/mol. The molecule has 1 aromatic heterocycles. The molecule has 0 aliphatic rings. The van der Waals surface area contributed by atoms with E-state index in [1.807, 2.05) is 12.1 Å². The van der Waals surface area contributed by atoms with Crippen LogP contribution in [0.3, 0.4) is 0 Å². The Balaban J connectivity index is 2.74. The van der Waals surface area contributed by atoms with Crippen LogP contribution in [0.2, 0.25) is 0 Å². The Morgan fingerprint density at radius 2 is 2.38 bits per heavy atom. The zero-order valence-electron chi connectivity index (χ0n) is 7.24. The zero-order valence-corrected chi connectivity index (χ0v) is 7.24. The molecular weight excluding hydrogens is 168 g/mol. The molecule has 0 atom stereocenters. The molecule has 0 amide bonds. The van der Waals surface area contributed by atoms with Crippen molar-refractivity contribution in [3.63, 3.8) is 0 Å². The monoisotopic (exact) mass is 178 g/mol. The number of nitrogens with zero attached hydrogens (tertiary/aromatic N) is 1. The van der Waals surface area contributed by atoms with Crippen LogP contribution in [-0.2, 0) is 6.61 Å². The van der Waals surface area contributed by atoms with Gasteiger partial charge in [0, 0.05) is 10.9 Å². The first-order valence-corrected chi connectivity index (χ1v) is 3.96. The molecular formula is C9H10N2O2. The average Bonchev–Trinajstić information content (AvgIpc) is 2.63. The highest BCUT2D eigenvalue weighted by molar-refractivity contribution is 5.85. The van der Waals surface area contributed by atoms with Crippen LogP contribution >= 0.6 is 0 Å². The fourth-order valence-electron chi connectivity index (χ4n) is 1.39. The van der Waals surface area contributed by atoms with E-state index in [1.54, 1.807) is 13.3 Å². The van der Waals surface area contributed by atoms with Gasteiger partial charge in [-0.2, -0.15) is 5.10 Å². The van der Waals surface area contributed by atoms with E-state index >= 15 is 0 Å². The van der Waals surface area contributed by atoms with Gasteiger partial charge in [0.1, 0.15) is 11.3 Å². The number of nitrogens with one attached hydrogen (secondary N) is 1. The van der Waals surface area contributed by atoms with Crippen LogP contribution in [0.4, 0.5) is 0 Å². The number of hydrogen-bond acceptors (Lipinski definition) is 3. The Morgan fingerprint density at radius 1 is 1.54 bits per heavy atom. The number of methoxy groups -OCH3 is 1. The lowest BCUT2D eigenvalue weighted by atomic mass is 10.1. The second kappa shape index (κ2) is 3.06. The van der Waals surface area contributed by atoms with Crippen LogP contribution in [0.5, 0.6) is 5.75 Å². The highest BCUT2D eigenvalue weighted by Crippen LogP contribution is 2.27. The first kappa shape index (κ1) is 8.07. The predicted molar refractivity (Wildman–Crippen MR) is 48.6 cm³/mol. The highest BCUT2D eigenvalue weighted by Gasteiger charge is 2.07. The first-order valence-electron chi connectivity index (χ1n) is 3.96. The van der Waals surface area contributed by atoms with Crippen LogP contribution in [-0.4, -0.2) is 22.4 Å². The molecule has 2 aromatic rings. The topological polar surface area (TPSA) is 58.1 Å². The maximum absolute atomic E-state index is 9.03. The lowest BCUT2D eigenvalue weighted by Gasteiger charge is -2.06. The third-order valence-electron chi connectivity index (χ3n) is 2.03. The normalized spacial score (nSPS) is 10.6. The van der Waals surface area contributed by atoms with Gasteiger partial charge in [-0.05, 0) is 0 Å². The minimum absolute atomic E-state index is 0.0296. The number of ether oxygens (including phenoxy) is 1. The van der Waals surface area contributed by atoms with E-state index in [0.29, 0.717) is 5.75 Å². The fourth-order valence-corrected chi connectivity index (χ4v) is 1.39. The van der Waals surface area contributed by atoms with Crippen molar-refractivity contribution < 1.29 is 9.84 Å². The third-order valence-corrected chi connectivity index (χ3v) is 2.03. The summed E-state index contributed by atoms with van der Waals surface area (Å²) in [5.74, 6) is 0.664. The molecule has 0 saturated carbocycles. The molecule has 0 aliphatic carbocycles. The number of aromatic nitrogens is 2. The summed E-state index contributed by atoms with van der Waals surface area (Å²) in [6.45, 7) is -0.0296. The number of benzene rings is 1. The number of aromatic amines is 1. The summed E-state index contributed by atoms with van der Waals surface area (Å²) in [6.07, 6.45) is 1.72. The summed E-state index contributed by atoms with van der Waals surface area (Å²) in [6, 6.07) is 3.73. The Bertz CT molecular complexity index is 422. The molecule has 0 aliphatic heterocycles. The number of rotatable bonds is 2. The SMILES string of the molecule is COc1c(CO)ccc2cn[nH]c12. The van der Waals surface area contributed by atoms with E-state index in [1.165, 1.54) is 0 Å². The highest BCUT2D eigenvalue weighted by atomic mass is 16.5. The van der Waals surface area contributed by atoms with Crippen molar-refractivity contribution in [3.05, 3.63) is 23.9 Å². The van der Waals surface area contributed by atoms with Crippen LogP contribution in [0.25, 0.3) is 10.9 Å². The molecule has 4 heteroatoms. The van der Waals surface area contributed by atoms with Crippen molar-refractivity contribution in [2.75, 3.05) is 7.11 Å². The van der Waals surface area contributed by atoms with Crippen molar-refractivity contribution in [1.29, 1.82) is 0 Å². The summed E-state index contributed by atoms with van der Waals surface area (Å²) < 4.78 is 5.18. The van der Waals surface area contributed by atoms with Crippen molar-refractivity contribution in [2.45, 2.75) is 6.61 Å². The molecule has 68 valence electrons. The van der Waals surface area contributed by atoms with Crippen LogP contribution in [0.1, 0.15) is 5.56 Å². The Labute approximate surface area is 75.1 Å². The Morgan fingerprint density at radius 3 is 3.08 bits per heavy atom. The molecule has 0 unspecified atom stereocenters. The molecule has 2 N–H and O–H groups in total. The van der Waals surface area contributed by atoms with Gasteiger partial charge in [-0.25, -0.2) is 0 Å². The Hall–Kier alpha value is -1.55. The van der Waals surface area contributed by atoms with Crippen molar-refractivity contribution >= 4 is 10.9 Å². The number of hydrogen-bond donors (Lipinski definition) is 2. The van der Waals surface area contributed by atoms with Crippen LogP contribution in [0.15, 0.2) is 18.3 Å². The second-order valence-corrected chi connectivity index (χ2v) is 2.75. The van der Waals surface area contributed by atoms with Crippen LogP contribution in [0, 0.1) is 0 Å². The van der Waals surface area contributed by atoms with Gasteiger partial charge in [-0.1, -0.05) is 12.1 Å². The molecule has 0 bridgehead atoms. The number of aliphatic hydroxyl groups is 1. The van der Waals surface area contributed by atoms with E-state index < -0.39 is 0 Å². The van der Waals surface area contributed by atoms with Crippen LogP contribution < -0.4 is 4.74 Å². The van der Waals surface area contributed by atoms with Gasteiger partial charge >= 0.3 is 0 Å². The van der Waals surface area contributed by atoms with E-state index in [2.05, 4.69) is 10.2 Å². The van der Waals surface area contributed by atoms with Crippen molar-refractivity contribution in [2.24, 2.45) is 0 Å². The summed E-state index contributed by atoms with van der Waals surface area (Å²) in [4.78, 5) is 0. The molecule has 0 saturated heterocycles. The van der Waals surface area contributed by atoms with Gasteiger partial charge in [0.05, 0.1) is 19.9 Å². The lowest BCUT2D eigenvalue weighted by molar-refractivity contribution is 0.274. The van der Waals surface area contributed by atoms with Gasteiger partial charge in [-0.3, -0.25) is 5.10 Å². The van der Waals surface area contributed by atoms with Gasteiger partial charge in [0.15, 0.2) is 0 Å². The number of fused-ring (bicyclic) bond motifs is 1. The maximum atomic E-state index is 9.03. The van der Waals surface area contributed by atoms with E-state index in [9.17, 15) is 0 Å². The maximum Gasteiger partial charge on any atom is 0.149 e. The smallest absolute Gasteiger partial charge is 0.149 e. The summed E-state index contributed by atoms with van der Waals surface area (Å²) in [5.41, 5.74) is 1.59. The summed E-state index contributed by atoms with van der Waals surface area (Å²) in [5, 5.41) is 16.7. The number of aliphatic hydroxyl groups excluding tert-OH is 1. The van der Waals surface area contributed by atoms with Crippen molar-refractivity contribution in [1.82, 2.24) is 10.2 Å². The molecule has 1 aromatic carbocycles. The van der Waals surface area contributed by atoms with Gasteiger partial charge in [-0.15, -0.1) is 0 Å². The molecule has 4 nitrogen and oxygen atoms in total. The van der Waals surface area contributed by atoms with Gasteiger partial charge in [0.25, 0.3) is 0 Å². The Kier molecular flexibility index (Phi) is 1.90. The fraction of sp³-hybridized carbons (Fsp3) is 0.222. The van der Waals surface area contributed by atoms with E-state index in [-0.39, 0.29) is 6.61 Å². The third kappa shape index (κ3) is 1.15. The molecule has 2 rings (SSSR count). The minimum Gasteiger partial charge on any atom is -0.494 e. The summed E-state index contributed by atoms with van der Waals surface area (Å²) >= 11 is 0. The second-order valence-electron chi connectivity index (χ2n) is 2.75. The first-order chi connectivity index (χ1) is 6.36. The summed E-state index contributed by atoms with van der Waals surface area (Å²) in [7, 11) is 1.58. The standard InChI is InChI=1S/C9H10N2O2/c1-13-9-7(5-12)3-2-6-4-10-11-8(6)9/h2-4,12H,5H2,1H3,(H,10,11). The zero-order chi connectivity index (χ0) is 9.26. The van der Waals surface area contributed by atoms with E-state index in [0.717, 1.165) is 16.5 Å². The lowest BCUT2D eigenvalue weighted by Crippen LogP contribution is -1.92. The van der Waals surface area contributed by atoms with E-state index in [4.69, 9.17) is 9.84 Å². The number of H-pyrrole nitrogens is 1. The minimum atomic E-state index is -0.0296. The largest absolute Gasteiger partial charge is 0.494 e. The molecule has 0 spiro atoms. The predicted octanol–water partition coefficient (Wildman–Crippen LogP) is 1.06.